The molecule has 0 saturated carbocycles. The van der Waals surface area contributed by atoms with E-state index in [4.69, 9.17) is 4.74 Å². The average molecular weight is 315 g/mol. The molecule has 0 aliphatic rings. The minimum absolute atomic E-state index is 0.119. The van der Waals surface area contributed by atoms with Crippen molar-refractivity contribution in [2.45, 2.75) is 46.3 Å². The van der Waals surface area contributed by atoms with Gasteiger partial charge in [-0.15, -0.1) is 0 Å². The first-order valence-electron chi connectivity index (χ1n) is 7.76. The van der Waals surface area contributed by atoms with Gasteiger partial charge in [-0.3, -0.25) is 4.68 Å². The van der Waals surface area contributed by atoms with Crippen molar-refractivity contribution in [3.05, 3.63) is 41.6 Å². The summed E-state index contributed by atoms with van der Waals surface area (Å²) in [5.74, 6) is 0. The van der Waals surface area contributed by atoms with Gasteiger partial charge in [-0.2, -0.15) is 5.10 Å². The highest BCUT2D eigenvalue weighted by Crippen LogP contribution is 2.24. The standard InChI is InChI=1S/C18H25N3O2/c1-12-11-19-21(6)16(12)15-9-7-14(8-10-15)13(2)20-17(22)23-18(3,4)5/h7-11,13H,1-6H3,(H,20,22)/t13-/m0/s1. The Hall–Kier alpha value is -2.30. The molecule has 0 aliphatic heterocycles. The molecule has 0 bridgehead atoms. The topological polar surface area (TPSA) is 56.2 Å². The number of carbonyl (C=O) groups is 1. The Morgan fingerprint density at radius 2 is 1.87 bits per heavy atom. The van der Waals surface area contributed by atoms with Gasteiger partial charge in [0.2, 0.25) is 0 Å². The summed E-state index contributed by atoms with van der Waals surface area (Å²) in [4.78, 5) is 11.8. The van der Waals surface area contributed by atoms with Gasteiger partial charge in [0.15, 0.2) is 0 Å². The number of hydrogen-bond acceptors (Lipinski definition) is 3. The predicted octanol–water partition coefficient (Wildman–Crippen LogP) is 3.98. The Kier molecular flexibility index (Phi) is 4.78. The molecule has 2 rings (SSSR count). The molecule has 0 aliphatic carbocycles. The zero-order valence-electron chi connectivity index (χ0n) is 14.7. The molecule has 5 heteroatoms. The summed E-state index contributed by atoms with van der Waals surface area (Å²) in [5, 5.41) is 7.12. The van der Waals surface area contributed by atoms with Crippen LogP contribution in [-0.2, 0) is 11.8 Å². The minimum Gasteiger partial charge on any atom is -0.444 e. The summed E-state index contributed by atoms with van der Waals surface area (Å²) in [6.07, 6.45) is 1.45. The maximum Gasteiger partial charge on any atom is 0.408 e. The largest absolute Gasteiger partial charge is 0.444 e. The van der Waals surface area contributed by atoms with E-state index in [2.05, 4.69) is 10.4 Å². The van der Waals surface area contributed by atoms with Crippen LogP contribution < -0.4 is 5.32 Å². The van der Waals surface area contributed by atoms with Gasteiger partial charge in [-0.05, 0) is 45.7 Å². The van der Waals surface area contributed by atoms with Crippen LogP contribution in [0.4, 0.5) is 4.79 Å². The van der Waals surface area contributed by atoms with Gasteiger partial charge in [0.1, 0.15) is 5.60 Å². The Balaban J connectivity index is 2.09. The van der Waals surface area contributed by atoms with Crippen LogP contribution in [0.5, 0.6) is 0 Å². The fourth-order valence-electron chi connectivity index (χ4n) is 2.46. The Morgan fingerprint density at radius 3 is 2.35 bits per heavy atom. The van der Waals surface area contributed by atoms with E-state index in [1.54, 1.807) is 0 Å². The molecular weight excluding hydrogens is 290 g/mol. The molecule has 1 N–H and O–H groups in total. The molecule has 0 spiro atoms. The van der Waals surface area contributed by atoms with E-state index in [1.165, 1.54) is 0 Å². The van der Waals surface area contributed by atoms with Gasteiger partial charge < -0.3 is 10.1 Å². The lowest BCUT2D eigenvalue weighted by Gasteiger charge is -2.22. The molecule has 5 nitrogen and oxygen atoms in total. The van der Waals surface area contributed by atoms with E-state index < -0.39 is 11.7 Å². The van der Waals surface area contributed by atoms with Gasteiger partial charge in [-0.25, -0.2) is 4.79 Å². The van der Waals surface area contributed by atoms with Crippen LogP contribution in [0.2, 0.25) is 0 Å². The lowest BCUT2D eigenvalue weighted by Crippen LogP contribution is -2.34. The minimum atomic E-state index is -0.495. The molecule has 1 amide bonds. The van der Waals surface area contributed by atoms with Crippen molar-refractivity contribution in [2.24, 2.45) is 7.05 Å². The van der Waals surface area contributed by atoms with Crippen LogP contribution in [0.15, 0.2) is 30.5 Å². The van der Waals surface area contributed by atoms with Gasteiger partial charge in [-0.1, -0.05) is 24.3 Å². The number of carbonyl (C=O) groups excluding carboxylic acids is 1. The second-order valence-electron chi connectivity index (χ2n) is 6.79. The first-order valence-corrected chi connectivity index (χ1v) is 7.76. The number of aromatic nitrogens is 2. The second-order valence-corrected chi connectivity index (χ2v) is 6.79. The summed E-state index contributed by atoms with van der Waals surface area (Å²) in [6.45, 7) is 9.53. The third-order valence-corrected chi connectivity index (χ3v) is 3.54. The lowest BCUT2D eigenvalue weighted by atomic mass is 10.0. The van der Waals surface area contributed by atoms with Crippen molar-refractivity contribution < 1.29 is 9.53 Å². The maximum absolute atomic E-state index is 11.8. The van der Waals surface area contributed by atoms with Crippen molar-refractivity contribution in [1.29, 1.82) is 0 Å². The Morgan fingerprint density at radius 1 is 1.26 bits per heavy atom. The number of alkyl carbamates (subject to hydrolysis) is 1. The molecular formula is C18H25N3O2. The van der Waals surface area contributed by atoms with Crippen molar-refractivity contribution in [3.63, 3.8) is 0 Å². The van der Waals surface area contributed by atoms with Crippen molar-refractivity contribution in [1.82, 2.24) is 15.1 Å². The summed E-state index contributed by atoms with van der Waals surface area (Å²) >= 11 is 0. The SMILES string of the molecule is Cc1cnn(C)c1-c1ccc([C@H](C)NC(=O)OC(C)(C)C)cc1. The van der Waals surface area contributed by atoms with Crippen molar-refractivity contribution in [2.75, 3.05) is 0 Å². The second kappa shape index (κ2) is 6.44. The monoisotopic (exact) mass is 315 g/mol. The van der Waals surface area contributed by atoms with Crippen molar-refractivity contribution in [3.8, 4) is 11.3 Å². The van der Waals surface area contributed by atoms with Crippen LogP contribution >= 0.6 is 0 Å². The zero-order chi connectivity index (χ0) is 17.2. The molecule has 1 aromatic carbocycles. The molecule has 2 aromatic rings. The van der Waals surface area contributed by atoms with Gasteiger partial charge in [0, 0.05) is 12.6 Å². The average Bonchev–Trinajstić information content (AvgIpc) is 2.76. The third kappa shape index (κ3) is 4.34. The van der Waals surface area contributed by atoms with Gasteiger partial charge in [0.25, 0.3) is 0 Å². The molecule has 23 heavy (non-hydrogen) atoms. The molecule has 0 unspecified atom stereocenters. The van der Waals surface area contributed by atoms with E-state index >= 15 is 0 Å². The van der Waals surface area contributed by atoms with Crippen LogP contribution in [0, 0.1) is 6.92 Å². The summed E-state index contributed by atoms with van der Waals surface area (Å²) in [6, 6.07) is 8.01. The summed E-state index contributed by atoms with van der Waals surface area (Å²) < 4.78 is 7.15. The smallest absolute Gasteiger partial charge is 0.408 e. The summed E-state index contributed by atoms with van der Waals surface area (Å²) in [5.41, 5.74) is 3.88. The number of nitrogens with zero attached hydrogens (tertiary/aromatic N) is 2. The molecule has 0 fully saturated rings. The van der Waals surface area contributed by atoms with E-state index in [1.807, 2.05) is 76.8 Å². The predicted molar refractivity (Wildman–Crippen MR) is 91.2 cm³/mol. The van der Waals surface area contributed by atoms with Crippen LogP contribution in [-0.4, -0.2) is 21.5 Å². The molecule has 124 valence electrons. The first-order chi connectivity index (χ1) is 10.7. The van der Waals surface area contributed by atoms with Crippen molar-refractivity contribution >= 4 is 6.09 Å². The first kappa shape index (κ1) is 17.1. The highest BCUT2D eigenvalue weighted by molar-refractivity contribution is 5.68. The highest BCUT2D eigenvalue weighted by Gasteiger charge is 2.18. The molecule has 1 heterocycles. The van der Waals surface area contributed by atoms with E-state index in [0.29, 0.717) is 0 Å². The number of nitrogens with one attached hydrogen (secondary N) is 1. The van der Waals surface area contributed by atoms with Gasteiger partial charge in [0.05, 0.1) is 17.9 Å². The zero-order valence-corrected chi connectivity index (χ0v) is 14.7. The van der Waals surface area contributed by atoms with E-state index in [0.717, 1.165) is 22.4 Å². The van der Waals surface area contributed by atoms with Crippen LogP contribution in [0.1, 0.15) is 44.9 Å². The van der Waals surface area contributed by atoms with Crippen LogP contribution in [0.25, 0.3) is 11.3 Å². The Labute approximate surface area is 137 Å². The normalized spacial score (nSPS) is 12.8. The number of rotatable bonds is 3. The molecule has 0 radical (unpaired) electrons. The number of hydrogen-bond donors (Lipinski definition) is 1. The van der Waals surface area contributed by atoms with E-state index in [9.17, 15) is 4.79 Å². The number of benzene rings is 1. The quantitative estimate of drug-likeness (QED) is 0.932. The highest BCUT2D eigenvalue weighted by atomic mass is 16.6. The third-order valence-electron chi connectivity index (χ3n) is 3.54. The lowest BCUT2D eigenvalue weighted by molar-refractivity contribution is 0.0508. The van der Waals surface area contributed by atoms with Gasteiger partial charge >= 0.3 is 6.09 Å². The maximum atomic E-state index is 11.8. The Bertz CT molecular complexity index is 662. The molecule has 0 saturated heterocycles. The van der Waals surface area contributed by atoms with Crippen LogP contribution in [0.3, 0.4) is 0 Å². The molecule has 1 atom stereocenters. The number of ether oxygens (including phenoxy) is 1. The number of amides is 1. The number of aryl methyl sites for hydroxylation is 2. The molecule has 1 aromatic heterocycles. The fraction of sp³-hybridized carbons (Fsp3) is 0.444. The van der Waals surface area contributed by atoms with E-state index in [-0.39, 0.29) is 6.04 Å². The summed E-state index contributed by atoms with van der Waals surface area (Å²) in [7, 11) is 1.93. The fourth-order valence-corrected chi connectivity index (χ4v) is 2.46.